The molecule has 2 saturated heterocycles. The fourth-order valence-corrected chi connectivity index (χ4v) is 3.44. The Labute approximate surface area is 144 Å². The molecule has 6 heteroatoms. The summed E-state index contributed by atoms with van der Waals surface area (Å²) in [6.07, 6.45) is 7.74. The maximum Gasteiger partial charge on any atom is 0.322 e. The van der Waals surface area contributed by atoms with Crippen LogP contribution in [0.5, 0.6) is 0 Å². The zero-order valence-corrected chi connectivity index (χ0v) is 14.5. The van der Waals surface area contributed by atoms with Crippen LogP contribution < -0.4 is 10.2 Å². The van der Waals surface area contributed by atoms with Crippen molar-refractivity contribution >= 4 is 17.5 Å². The van der Waals surface area contributed by atoms with E-state index in [2.05, 4.69) is 15.2 Å². The summed E-state index contributed by atoms with van der Waals surface area (Å²) in [6, 6.07) is 3.74. The quantitative estimate of drug-likeness (QED) is 0.900. The first-order valence-electron chi connectivity index (χ1n) is 9.15. The Balaban J connectivity index is 1.66. The van der Waals surface area contributed by atoms with Crippen LogP contribution in [-0.2, 0) is 4.74 Å². The predicted octanol–water partition coefficient (Wildman–Crippen LogP) is 3.10. The molecule has 2 aliphatic heterocycles. The Kier molecular flexibility index (Phi) is 5.91. The molecule has 6 nitrogen and oxygen atoms in total. The molecule has 2 amide bonds. The van der Waals surface area contributed by atoms with Crippen LogP contribution in [0.4, 0.5) is 16.3 Å². The molecule has 3 rings (SSSR count). The number of likely N-dealkylation sites (N-methyl/N-ethyl adjacent to an activating group) is 1. The molecule has 132 valence electrons. The van der Waals surface area contributed by atoms with E-state index in [-0.39, 0.29) is 12.1 Å². The van der Waals surface area contributed by atoms with E-state index in [0.717, 1.165) is 44.0 Å². The lowest BCUT2D eigenvalue weighted by Crippen LogP contribution is -2.40. The third kappa shape index (κ3) is 4.17. The number of carbonyl (C=O) groups is 1. The highest BCUT2D eigenvalue weighted by Crippen LogP contribution is 2.26. The lowest BCUT2D eigenvalue weighted by Gasteiger charge is -2.30. The molecular formula is C18H28N4O2. The molecular weight excluding hydrogens is 304 g/mol. The third-order valence-corrected chi connectivity index (χ3v) is 4.80. The molecule has 0 bridgehead atoms. The van der Waals surface area contributed by atoms with Gasteiger partial charge in [0.1, 0.15) is 0 Å². The average molecular weight is 332 g/mol. The lowest BCUT2D eigenvalue weighted by atomic mass is 10.1. The molecule has 3 heterocycles. The predicted molar refractivity (Wildman–Crippen MR) is 95.5 cm³/mol. The van der Waals surface area contributed by atoms with E-state index >= 15 is 0 Å². The number of carbonyl (C=O) groups excluding carboxylic acids is 1. The molecule has 0 spiro atoms. The average Bonchev–Trinajstić information content (AvgIpc) is 3.14. The molecule has 1 N–H and O–H groups in total. The summed E-state index contributed by atoms with van der Waals surface area (Å²) in [5, 5.41) is 3.06. The van der Waals surface area contributed by atoms with E-state index in [1.165, 1.54) is 19.3 Å². The fraction of sp³-hybridized carbons (Fsp3) is 0.667. The summed E-state index contributed by atoms with van der Waals surface area (Å²) in [5.41, 5.74) is 0.801. The van der Waals surface area contributed by atoms with Gasteiger partial charge in [0.25, 0.3) is 0 Å². The van der Waals surface area contributed by atoms with Crippen molar-refractivity contribution in [3.05, 3.63) is 18.3 Å². The topological polar surface area (TPSA) is 57.7 Å². The van der Waals surface area contributed by atoms with Crippen molar-refractivity contribution in [3.8, 4) is 0 Å². The fourth-order valence-electron chi connectivity index (χ4n) is 3.44. The highest BCUT2D eigenvalue weighted by atomic mass is 16.5. The molecule has 1 aromatic heterocycles. The van der Waals surface area contributed by atoms with Gasteiger partial charge in [0, 0.05) is 39.0 Å². The number of nitrogens with zero attached hydrogens (tertiary/aromatic N) is 3. The Hall–Kier alpha value is -1.82. The second-order valence-corrected chi connectivity index (χ2v) is 6.53. The number of ether oxygens (including phenoxy) is 1. The number of anilines is 2. The molecule has 24 heavy (non-hydrogen) atoms. The molecule has 0 radical (unpaired) electrons. The van der Waals surface area contributed by atoms with Gasteiger partial charge in [-0.1, -0.05) is 0 Å². The van der Waals surface area contributed by atoms with Crippen LogP contribution in [0, 0.1) is 0 Å². The van der Waals surface area contributed by atoms with Crippen LogP contribution in [0.2, 0.25) is 0 Å². The molecule has 2 fully saturated rings. The van der Waals surface area contributed by atoms with Gasteiger partial charge >= 0.3 is 6.03 Å². The van der Waals surface area contributed by atoms with Crippen molar-refractivity contribution in [2.24, 2.45) is 0 Å². The zero-order chi connectivity index (χ0) is 16.8. The number of urea groups is 1. The van der Waals surface area contributed by atoms with Gasteiger partial charge in [-0.15, -0.1) is 0 Å². The van der Waals surface area contributed by atoms with Gasteiger partial charge in [0.05, 0.1) is 11.8 Å². The highest BCUT2D eigenvalue weighted by molar-refractivity contribution is 5.92. The summed E-state index contributed by atoms with van der Waals surface area (Å²) in [4.78, 5) is 21.3. The van der Waals surface area contributed by atoms with Crippen LogP contribution in [0.3, 0.4) is 0 Å². The first-order chi connectivity index (χ1) is 11.8. The van der Waals surface area contributed by atoms with Gasteiger partial charge in [-0.3, -0.25) is 0 Å². The number of nitrogens with one attached hydrogen (secondary N) is 1. The van der Waals surface area contributed by atoms with Crippen LogP contribution in [0.25, 0.3) is 0 Å². The highest BCUT2D eigenvalue weighted by Gasteiger charge is 2.23. The van der Waals surface area contributed by atoms with E-state index in [4.69, 9.17) is 4.74 Å². The summed E-state index contributed by atoms with van der Waals surface area (Å²) >= 11 is 0. The summed E-state index contributed by atoms with van der Waals surface area (Å²) < 4.78 is 5.66. The zero-order valence-electron chi connectivity index (χ0n) is 14.5. The van der Waals surface area contributed by atoms with E-state index in [9.17, 15) is 4.79 Å². The minimum Gasteiger partial charge on any atom is -0.376 e. The van der Waals surface area contributed by atoms with E-state index in [1.54, 1.807) is 6.20 Å². The number of pyridine rings is 1. The Bertz CT molecular complexity index is 540. The van der Waals surface area contributed by atoms with Crippen LogP contribution in [0.15, 0.2) is 18.3 Å². The summed E-state index contributed by atoms with van der Waals surface area (Å²) in [7, 11) is 0. The van der Waals surface area contributed by atoms with Gasteiger partial charge in [0.2, 0.25) is 0 Å². The standard InChI is InChI=1S/C18H28N4O2/c1-2-21(14-15-8-7-13-24-15)18(23)20-16-9-6-10-19-17(16)22-11-4-3-5-12-22/h6,9-10,15H,2-5,7-8,11-14H2,1H3,(H,20,23)/t15-/m0/s1. The molecule has 0 aliphatic carbocycles. The molecule has 0 saturated carbocycles. The minimum absolute atomic E-state index is 0.0701. The van der Waals surface area contributed by atoms with Crippen LogP contribution >= 0.6 is 0 Å². The Morgan fingerprint density at radius 2 is 2.21 bits per heavy atom. The van der Waals surface area contributed by atoms with Crippen molar-refractivity contribution in [1.82, 2.24) is 9.88 Å². The second kappa shape index (κ2) is 8.33. The van der Waals surface area contributed by atoms with Crippen molar-refractivity contribution in [1.29, 1.82) is 0 Å². The number of hydrogen-bond acceptors (Lipinski definition) is 4. The Morgan fingerprint density at radius 1 is 1.38 bits per heavy atom. The van der Waals surface area contributed by atoms with Gasteiger partial charge in [-0.05, 0) is 51.2 Å². The van der Waals surface area contributed by atoms with E-state index < -0.39 is 0 Å². The molecule has 0 unspecified atom stereocenters. The van der Waals surface area contributed by atoms with Gasteiger partial charge in [-0.25, -0.2) is 9.78 Å². The number of aromatic nitrogens is 1. The first kappa shape index (κ1) is 17.0. The van der Waals surface area contributed by atoms with Gasteiger partial charge < -0.3 is 19.9 Å². The molecule has 1 aromatic rings. The maximum absolute atomic E-state index is 12.7. The van der Waals surface area contributed by atoms with Gasteiger partial charge in [0.15, 0.2) is 5.82 Å². The molecule has 1 atom stereocenters. The van der Waals surface area contributed by atoms with Crippen LogP contribution in [-0.4, -0.2) is 54.8 Å². The third-order valence-electron chi connectivity index (χ3n) is 4.80. The smallest absolute Gasteiger partial charge is 0.322 e. The molecule has 2 aliphatic rings. The summed E-state index contributed by atoms with van der Waals surface area (Å²) in [5.74, 6) is 0.888. The normalized spacial score (nSPS) is 20.9. The first-order valence-corrected chi connectivity index (χ1v) is 9.15. The monoisotopic (exact) mass is 332 g/mol. The summed E-state index contributed by atoms with van der Waals surface area (Å²) in [6.45, 7) is 6.15. The Morgan fingerprint density at radius 3 is 2.92 bits per heavy atom. The second-order valence-electron chi connectivity index (χ2n) is 6.53. The van der Waals surface area contributed by atoms with Crippen molar-refractivity contribution in [2.75, 3.05) is 43.0 Å². The SMILES string of the molecule is CCN(C[C@@H]1CCCO1)C(=O)Nc1cccnc1N1CCCCC1. The van der Waals surface area contributed by atoms with Crippen molar-refractivity contribution in [3.63, 3.8) is 0 Å². The van der Waals surface area contributed by atoms with Gasteiger partial charge in [-0.2, -0.15) is 0 Å². The van der Waals surface area contributed by atoms with Crippen molar-refractivity contribution < 1.29 is 9.53 Å². The van der Waals surface area contributed by atoms with E-state index in [0.29, 0.717) is 13.1 Å². The number of piperidine rings is 1. The number of hydrogen-bond donors (Lipinski definition) is 1. The van der Waals surface area contributed by atoms with Crippen LogP contribution in [0.1, 0.15) is 39.0 Å². The largest absolute Gasteiger partial charge is 0.376 e. The van der Waals surface area contributed by atoms with Crippen molar-refractivity contribution in [2.45, 2.75) is 45.1 Å². The minimum atomic E-state index is -0.0701. The number of amides is 2. The maximum atomic E-state index is 12.7. The molecule has 0 aromatic carbocycles. The lowest BCUT2D eigenvalue weighted by molar-refractivity contribution is 0.0849. The number of rotatable bonds is 5. The van der Waals surface area contributed by atoms with E-state index in [1.807, 2.05) is 24.0 Å².